The molecule has 3 fully saturated rings. The molecular formula is C10H14O3. The molecule has 2 bridgehead atoms. The first-order valence-electron chi connectivity index (χ1n) is 4.93. The van der Waals surface area contributed by atoms with E-state index in [1.807, 2.05) is 6.92 Å². The van der Waals surface area contributed by atoms with Crippen LogP contribution in [-0.4, -0.2) is 24.3 Å². The topological polar surface area (TPSA) is 35.5 Å². The van der Waals surface area contributed by atoms with E-state index in [9.17, 15) is 4.79 Å². The van der Waals surface area contributed by atoms with E-state index in [1.165, 1.54) is 0 Å². The Morgan fingerprint density at radius 2 is 2.23 bits per heavy atom. The van der Waals surface area contributed by atoms with Gasteiger partial charge in [0.2, 0.25) is 0 Å². The molecule has 3 heteroatoms. The zero-order valence-electron chi connectivity index (χ0n) is 8.00. The molecule has 0 spiro atoms. The minimum Gasteiger partial charge on any atom is -0.465 e. The molecular weight excluding hydrogens is 168 g/mol. The Morgan fingerprint density at radius 1 is 1.46 bits per heavy atom. The van der Waals surface area contributed by atoms with E-state index in [0.717, 1.165) is 12.8 Å². The second kappa shape index (κ2) is 1.92. The van der Waals surface area contributed by atoms with Gasteiger partial charge in [-0.2, -0.15) is 0 Å². The summed E-state index contributed by atoms with van der Waals surface area (Å²) < 4.78 is 11.0. The lowest BCUT2D eigenvalue weighted by molar-refractivity contribution is -0.155. The summed E-state index contributed by atoms with van der Waals surface area (Å²) in [5.74, 6) is 0.251. The maximum absolute atomic E-state index is 11.7. The molecule has 0 N–H and O–H groups in total. The number of cyclic esters (lactones) is 1. The minimum absolute atomic E-state index is 0.0535. The SMILES string of the molecule is C[C@@]12CC[C@@H](O1)[C@@H]1COC(=O)[C@]12C. The molecule has 0 saturated carbocycles. The van der Waals surface area contributed by atoms with Crippen molar-refractivity contribution in [1.29, 1.82) is 0 Å². The molecule has 72 valence electrons. The monoisotopic (exact) mass is 182 g/mol. The van der Waals surface area contributed by atoms with Crippen LogP contribution in [0.15, 0.2) is 0 Å². The second-order valence-electron chi connectivity index (χ2n) is 4.83. The molecule has 3 aliphatic rings. The fourth-order valence-electron chi connectivity index (χ4n) is 3.26. The Labute approximate surface area is 77.4 Å². The van der Waals surface area contributed by atoms with Crippen molar-refractivity contribution in [2.45, 2.75) is 38.4 Å². The van der Waals surface area contributed by atoms with Crippen molar-refractivity contribution < 1.29 is 14.3 Å². The molecule has 0 aromatic carbocycles. The van der Waals surface area contributed by atoms with Gasteiger partial charge in [0.05, 0.1) is 18.3 Å². The van der Waals surface area contributed by atoms with Gasteiger partial charge in [-0.05, 0) is 26.7 Å². The number of rotatable bonds is 0. The molecule has 0 aromatic rings. The van der Waals surface area contributed by atoms with Crippen LogP contribution in [0.1, 0.15) is 26.7 Å². The summed E-state index contributed by atoms with van der Waals surface area (Å²) in [6.45, 7) is 4.63. The van der Waals surface area contributed by atoms with E-state index in [0.29, 0.717) is 12.5 Å². The number of esters is 1. The van der Waals surface area contributed by atoms with Crippen molar-refractivity contribution in [2.24, 2.45) is 11.3 Å². The number of carbonyl (C=O) groups excluding carboxylic acids is 1. The largest absolute Gasteiger partial charge is 0.465 e. The summed E-state index contributed by atoms with van der Waals surface area (Å²) >= 11 is 0. The molecule has 0 aromatic heterocycles. The smallest absolute Gasteiger partial charge is 0.315 e. The molecule has 3 saturated heterocycles. The molecule has 4 atom stereocenters. The van der Waals surface area contributed by atoms with Crippen LogP contribution in [0.2, 0.25) is 0 Å². The van der Waals surface area contributed by atoms with E-state index in [4.69, 9.17) is 9.47 Å². The highest BCUT2D eigenvalue weighted by atomic mass is 16.6. The van der Waals surface area contributed by atoms with Crippen LogP contribution in [0.3, 0.4) is 0 Å². The third-order valence-electron chi connectivity index (χ3n) is 4.42. The average Bonchev–Trinajstić information content (AvgIpc) is 2.64. The molecule has 0 radical (unpaired) electrons. The number of ether oxygens (including phenoxy) is 2. The fraction of sp³-hybridized carbons (Fsp3) is 0.900. The van der Waals surface area contributed by atoms with Gasteiger partial charge in [0.15, 0.2) is 0 Å². The lowest BCUT2D eigenvalue weighted by Gasteiger charge is -2.35. The van der Waals surface area contributed by atoms with Gasteiger partial charge in [-0.1, -0.05) is 0 Å². The van der Waals surface area contributed by atoms with E-state index in [-0.39, 0.29) is 23.1 Å². The number of hydrogen-bond acceptors (Lipinski definition) is 3. The number of fused-ring (bicyclic) bond motifs is 5. The minimum atomic E-state index is -0.365. The lowest BCUT2D eigenvalue weighted by atomic mass is 9.63. The molecule has 3 heterocycles. The highest BCUT2D eigenvalue weighted by Crippen LogP contribution is 2.61. The van der Waals surface area contributed by atoms with Crippen LogP contribution < -0.4 is 0 Å². The first-order valence-corrected chi connectivity index (χ1v) is 4.93. The van der Waals surface area contributed by atoms with Crippen LogP contribution >= 0.6 is 0 Å². The summed E-state index contributed by atoms with van der Waals surface area (Å²) in [7, 11) is 0. The van der Waals surface area contributed by atoms with Crippen LogP contribution in [0.4, 0.5) is 0 Å². The quantitative estimate of drug-likeness (QED) is 0.526. The van der Waals surface area contributed by atoms with Gasteiger partial charge in [-0.15, -0.1) is 0 Å². The summed E-state index contributed by atoms with van der Waals surface area (Å²) in [6, 6.07) is 0. The van der Waals surface area contributed by atoms with Crippen LogP contribution in [0, 0.1) is 11.3 Å². The summed E-state index contributed by atoms with van der Waals surface area (Å²) in [5, 5.41) is 0. The molecule has 13 heavy (non-hydrogen) atoms. The normalized spacial score (nSPS) is 58.2. The van der Waals surface area contributed by atoms with Gasteiger partial charge < -0.3 is 9.47 Å². The van der Waals surface area contributed by atoms with Gasteiger partial charge >= 0.3 is 5.97 Å². The Hall–Kier alpha value is -0.570. The average molecular weight is 182 g/mol. The highest BCUT2D eigenvalue weighted by molar-refractivity contribution is 5.81. The maximum Gasteiger partial charge on any atom is 0.315 e. The van der Waals surface area contributed by atoms with Crippen molar-refractivity contribution >= 4 is 5.97 Å². The standard InChI is InChI=1S/C10H14O3/c1-9-4-3-7(13-9)6-5-12-8(11)10(6,9)2/h6-7H,3-5H2,1-2H3/t6-,7+,9-,10-/m0/s1. The Morgan fingerprint density at radius 3 is 2.92 bits per heavy atom. The van der Waals surface area contributed by atoms with E-state index < -0.39 is 0 Å². The lowest BCUT2D eigenvalue weighted by Crippen LogP contribution is -2.47. The van der Waals surface area contributed by atoms with Crippen molar-refractivity contribution in [1.82, 2.24) is 0 Å². The molecule has 0 unspecified atom stereocenters. The van der Waals surface area contributed by atoms with Crippen molar-refractivity contribution in [3.8, 4) is 0 Å². The van der Waals surface area contributed by atoms with E-state index in [1.54, 1.807) is 0 Å². The first-order chi connectivity index (χ1) is 6.08. The van der Waals surface area contributed by atoms with Gasteiger partial charge in [0.25, 0.3) is 0 Å². The maximum atomic E-state index is 11.7. The van der Waals surface area contributed by atoms with Crippen LogP contribution in [-0.2, 0) is 14.3 Å². The Bertz CT molecular complexity index is 288. The van der Waals surface area contributed by atoms with Gasteiger partial charge in [-0.3, -0.25) is 4.79 Å². The number of hydrogen-bond donors (Lipinski definition) is 0. The van der Waals surface area contributed by atoms with Crippen molar-refractivity contribution in [3.63, 3.8) is 0 Å². The van der Waals surface area contributed by atoms with Gasteiger partial charge in [0.1, 0.15) is 5.41 Å². The van der Waals surface area contributed by atoms with Crippen molar-refractivity contribution in [2.75, 3.05) is 6.61 Å². The third kappa shape index (κ3) is 0.622. The van der Waals surface area contributed by atoms with Crippen LogP contribution in [0.5, 0.6) is 0 Å². The molecule has 0 aliphatic carbocycles. The Balaban J connectivity index is 2.13. The number of carbonyl (C=O) groups is 1. The first kappa shape index (κ1) is 7.80. The summed E-state index contributed by atoms with van der Waals surface area (Å²) in [6.07, 6.45) is 2.36. The molecule has 3 aliphatic heterocycles. The predicted molar refractivity (Wildman–Crippen MR) is 45.1 cm³/mol. The predicted octanol–water partition coefficient (Wildman–Crippen LogP) is 1.12. The zero-order chi connectivity index (χ0) is 9.27. The van der Waals surface area contributed by atoms with E-state index in [2.05, 4.69) is 6.92 Å². The third-order valence-corrected chi connectivity index (χ3v) is 4.42. The fourth-order valence-corrected chi connectivity index (χ4v) is 3.26. The Kier molecular flexibility index (Phi) is 1.15. The van der Waals surface area contributed by atoms with Gasteiger partial charge in [-0.25, -0.2) is 0 Å². The molecule has 3 nitrogen and oxygen atoms in total. The highest BCUT2D eigenvalue weighted by Gasteiger charge is 2.71. The van der Waals surface area contributed by atoms with Gasteiger partial charge in [0, 0.05) is 5.92 Å². The van der Waals surface area contributed by atoms with E-state index >= 15 is 0 Å². The molecule has 0 amide bonds. The zero-order valence-corrected chi connectivity index (χ0v) is 8.00. The van der Waals surface area contributed by atoms with Crippen molar-refractivity contribution in [3.05, 3.63) is 0 Å². The summed E-state index contributed by atoms with van der Waals surface area (Å²) in [5.41, 5.74) is -0.619. The molecule has 3 rings (SSSR count). The second-order valence-corrected chi connectivity index (χ2v) is 4.83. The summed E-state index contributed by atoms with van der Waals surface area (Å²) in [4.78, 5) is 11.7. The van der Waals surface area contributed by atoms with Crippen LogP contribution in [0.25, 0.3) is 0 Å².